The summed E-state index contributed by atoms with van der Waals surface area (Å²) in [6.45, 7) is 0. The monoisotopic (exact) mass is 267 g/mol. The molecule has 15 heavy (non-hydrogen) atoms. The highest BCUT2D eigenvalue weighted by molar-refractivity contribution is 9.10. The van der Waals surface area contributed by atoms with Crippen LogP contribution in [0.15, 0.2) is 51.9 Å². The fourth-order valence-corrected chi connectivity index (χ4v) is 1.62. The predicted molar refractivity (Wildman–Crippen MR) is 59.7 cm³/mol. The van der Waals surface area contributed by atoms with Crippen molar-refractivity contribution in [3.63, 3.8) is 0 Å². The van der Waals surface area contributed by atoms with E-state index in [1.165, 1.54) is 16.7 Å². The van der Waals surface area contributed by atoms with E-state index in [9.17, 15) is 9.18 Å². The van der Waals surface area contributed by atoms with Crippen molar-refractivity contribution in [1.29, 1.82) is 0 Å². The van der Waals surface area contributed by atoms with Crippen LogP contribution in [0, 0.1) is 5.82 Å². The summed E-state index contributed by atoms with van der Waals surface area (Å²) in [6, 6.07) is 9.18. The lowest BCUT2D eigenvalue weighted by Gasteiger charge is -2.05. The first-order valence-electron chi connectivity index (χ1n) is 4.31. The van der Waals surface area contributed by atoms with Gasteiger partial charge in [0.15, 0.2) is 0 Å². The quantitative estimate of drug-likeness (QED) is 0.779. The fraction of sp³-hybridized carbons (Fsp3) is 0. The highest BCUT2D eigenvalue weighted by Gasteiger charge is 2.01. The molecule has 76 valence electrons. The molecule has 0 aliphatic carbocycles. The minimum Gasteiger partial charge on any atom is -0.283 e. The molecule has 0 N–H and O–H groups in total. The van der Waals surface area contributed by atoms with Crippen molar-refractivity contribution in [2.75, 3.05) is 0 Å². The number of aromatic nitrogens is 1. The maximum atomic E-state index is 12.7. The van der Waals surface area contributed by atoms with Gasteiger partial charge < -0.3 is 0 Å². The highest BCUT2D eigenvalue weighted by Crippen LogP contribution is 2.08. The first-order chi connectivity index (χ1) is 7.18. The fourth-order valence-electron chi connectivity index (χ4n) is 1.27. The number of nitrogens with zero attached hydrogens (tertiary/aromatic N) is 1. The summed E-state index contributed by atoms with van der Waals surface area (Å²) >= 11 is 3.15. The molecule has 4 heteroatoms. The van der Waals surface area contributed by atoms with Crippen molar-refractivity contribution in [1.82, 2.24) is 4.57 Å². The summed E-state index contributed by atoms with van der Waals surface area (Å²) in [5.74, 6) is -0.318. The summed E-state index contributed by atoms with van der Waals surface area (Å²) < 4.78 is 14.6. The lowest BCUT2D eigenvalue weighted by atomic mass is 10.3. The van der Waals surface area contributed by atoms with E-state index in [1.807, 2.05) is 0 Å². The molecule has 2 aromatic rings. The Balaban J connectivity index is 2.59. The Hall–Kier alpha value is -1.42. The molecular weight excluding hydrogens is 261 g/mol. The molecule has 0 aliphatic heterocycles. The van der Waals surface area contributed by atoms with Gasteiger partial charge in [-0.1, -0.05) is 0 Å². The van der Waals surface area contributed by atoms with Crippen LogP contribution in [0.25, 0.3) is 5.69 Å². The second-order valence-electron chi connectivity index (χ2n) is 3.01. The Morgan fingerprint density at radius 2 is 1.80 bits per heavy atom. The van der Waals surface area contributed by atoms with Crippen LogP contribution in [-0.4, -0.2) is 4.57 Å². The smallest absolute Gasteiger partial charge is 0.269 e. The van der Waals surface area contributed by atoms with E-state index in [0.29, 0.717) is 10.2 Å². The molecule has 0 bridgehead atoms. The minimum atomic E-state index is -0.318. The average molecular weight is 268 g/mol. The summed E-state index contributed by atoms with van der Waals surface area (Å²) in [6.07, 6.45) is 1.64. The van der Waals surface area contributed by atoms with Crippen LogP contribution in [0.3, 0.4) is 0 Å². The number of hydrogen-bond acceptors (Lipinski definition) is 1. The van der Waals surface area contributed by atoms with Crippen LogP contribution in [0.5, 0.6) is 0 Å². The highest BCUT2D eigenvalue weighted by atomic mass is 79.9. The second-order valence-corrected chi connectivity index (χ2v) is 3.86. The third-order valence-electron chi connectivity index (χ3n) is 2.01. The zero-order valence-corrected chi connectivity index (χ0v) is 9.24. The molecule has 0 spiro atoms. The van der Waals surface area contributed by atoms with E-state index in [4.69, 9.17) is 0 Å². The van der Waals surface area contributed by atoms with E-state index < -0.39 is 0 Å². The molecular formula is C11H7BrFNO. The number of benzene rings is 1. The van der Waals surface area contributed by atoms with Crippen molar-refractivity contribution < 1.29 is 4.39 Å². The summed E-state index contributed by atoms with van der Waals surface area (Å²) in [4.78, 5) is 11.7. The Labute approximate surface area is 94.1 Å². The molecule has 0 saturated carbocycles. The molecule has 0 aliphatic rings. The largest absolute Gasteiger partial charge is 0.283 e. The van der Waals surface area contributed by atoms with Crippen molar-refractivity contribution in [2.45, 2.75) is 0 Å². The van der Waals surface area contributed by atoms with E-state index >= 15 is 0 Å². The Morgan fingerprint density at radius 3 is 2.47 bits per heavy atom. The van der Waals surface area contributed by atoms with E-state index in [2.05, 4.69) is 15.9 Å². The number of rotatable bonds is 1. The maximum absolute atomic E-state index is 12.7. The van der Waals surface area contributed by atoms with Crippen LogP contribution < -0.4 is 5.56 Å². The van der Waals surface area contributed by atoms with E-state index in [1.54, 1.807) is 30.5 Å². The van der Waals surface area contributed by atoms with Gasteiger partial charge in [-0.2, -0.15) is 0 Å². The van der Waals surface area contributed by atoms with Crippen LogP contribution in [0.1, 0.15) is 0 Å². The first kappa shape index (κ1) is 10.1. The van der Waals surface area contributed by atoms with Gasteiger partial charge in [-0.05, 0) is 52.3 Å². The van der Waals surface area contributed by atoms with Gasteiger partial charge in [0, 0.05) is 11.9 Å². The van der Waals surface area contributed by atoms with Gasteiger partial charge in [-0.25, -0.2) is 4.39 Å². The van der Waals surface area contributed by atoms with Gasteiger partial charge in [0.2, 0.25) is 0 Å². The van der Waals surface area contributed by atoms with Crippen molar-refractivity contribution in [2.24, 2.45) is 0 Å². The lowest BCUT2D eigenvalue weighted by Crippen LogP contribution is -2.17. The zero-order valence-electron chi connectivity index (χ0n) is 7.65. The van der Waals surface area contributed by atoms with Crippen LogP contribution >= 0.6 is 15.9 Å². The van der Waals surface area contributed by atoms with Gasteiger partial charge in [0.25, 0.3) is 5.56 Å². The molecule has 2 rings (SSSR count). The number of pyridine rings is 1. The lowest BCUT2D eigenvalue weighted by molar-refractivity contribution is 0.627. The zero-order chi connectivity index (χ0) is 10.8. The third kappa shape index (κ3) is 1.99. The van der Waals surface area contributed by atoms with Gasteiger partial charge >= 0.3 is 0 Å². The second kappa shape index (κ2) is 3.98. The van der Waals surface area contributed by atoms with Crippen molar-refractivity contribution in [3.05, 3.63) is 63.2 Å². The topological polar surface area (TPSA) is 22.0 Å². The average Bonchev–Trinajstić information content (AvgIpc) is 2.24. The maximum Gasteiger partial charge on any atom is 0.269 e. The molecule has 0 fully saturated rings. The van der Waals surface area contributed by atoms with Gasteiger partial charge in [0.1, 0.15) is 5.82 Å². The molecule has 0 saturated heterocycles. The van der Waals surface area contributed by atoms with Crippen molar-refractivity contribution >= 4 is 15.9 Å². The standard InChI is InChI=1S/C11H7BrFNO/c12-10-2-1-7-14(11(10)15)9-5-3-8(13)4-6-9/h1-7H. The van der Waals surface area contributed by atoms with Crippen LogP contribution in [0.2, 0.25) is 0 Å². The van der Waals surface area contributed by atoms with E-state index in [-0.39, 0.29) is 11.4 Å². The Morgan fingerprint density at radius 1 is 1.13 bits per heavy atom. The first-order valence-corrected chi connectivity index (χ1v) is 5.11. The molecule has 1 heterocycles. The summed E-state index contributed by atoms with van der Waals surface area (Å²) in [7, 11) is 0. The molecule has 1 aromatic heterocycles. The third-order valence-corrected chi connectivity index (χ3v) is 2.61. The van der Waals surface area contributed by atoms with Crippen LogP contribution in [-0.2, 0) is 0 Å². The van der Waals surface area contributed by atoms with Crippen LogP contribution in [0.4, 0.5) is 4.39 Å². The van der Waals surface area contributed by atoms with Gasteiger partial charge in [-0.3, -0.25) is 9.36 Å². The number of halogens is 2. The molecule has 2 nitrogen and oxygen atoms in total. The normalized spacial score (nSPS) is 10.3. The molecule has 1 aromatic carbocycles. The van der Waals surface area contributed by atoms with Gasteiger partial charge in [-0.15, -0.1) is 0 Å². The minimum absolute atomic E-state index is 0.163. The molecule has 0 radical (unpaired) electrons. The van der Waals surface area contributed by atoms with E-state index in [0.717, 1.165) is 0 Å². The molecule has 0 atom stereocenters. The van der Waals surface area contributed by atoms with Crippen molar-refractivity contribution in [3.8, 4) is 5.69 Å². The predicted octanol–water partition coefficient (Wildman–Crippen LogP) is 2.74. The SMILES string of the molecule is O=c1c(Br)cccn1-c1ccc(F)cc1. The Bertz CT molecular complexity index is 533. The van der Waals surface area contributed by atoms with Gasteiger partial charge in [0.05, 0.1) is 4.47 Å². The summed E-state index contributed by atoms with van der Waals surface area (Å²) in [5, 5.41) is 0. The molecule has 0 unspecified atom stereocenters. The molecule has 0 amide bonds. The number of hydrogen-bond donors (Lipinski definition) is 0. The Kier molecular flexibility index (Phi) is 2.68. The summed E-state index contributed by atoms with van der Waals surface area (Å²) in [5.41, 5.74) is 0.479.